The Bertz CT molecular complexity index is 1870. The Morgan fingerprint density at radius 3 is 2.87 bits per heavy atom. The first-order valence-electron chi connectivity index (χ1n) is 16.5. The molecule has 8 rings (SSSR count). The summed E-state index contributed by atoms with van der Waals surface area (Å²) >= 11 is 0. The van der Waals surface area contributed by atoms with Gasteiger partial charge in [-0.05, 0) is 73.5 Å². The number of carbonyl (C=O) groups is 1. The molecule has 4 atom stereocenters. The minimum absolute atomic E-state index is 0.0464. The van der Waals surface area contributed by atoms with E-state index in [2.05, 4.69) is 22.0 Å². The Labute approximate surface area is 267 Å². The van der Waals surface area contributed by atoms with Crippen LogP contribution in [0.4, 0.5) is 15.0 Å². The monoisotopic (exact) mass is 625 g/mol. The van der Waals surface area contributed by atoms with Gasteiger partial charge in [0.05, 0.1) is 10.9 Å². The second-order valence-corrected chi connectivity index (χ2v) is 13.6. The van der Waals surface area contributed by atoms with Crippen molar-refractivity contribution in [3.63, 3.8) is 0 Å². The number of ether oxygens (including phenoxy) is 1. The molecule has 11 heteroatoms. The number of amides is 1. The van der Waals surface area contributed by atoms with Crippen LogP contribution in [0.3, 0.4) is 0 Å². The van der Waals surface area contributed by atoms with Crippen molar-refractivity contribution in [3.05, 3.63) is 53.7 Å². The molecule has 4 aromatic rings. The van der Waals surface area contributed by atoms with Gasteiger partial charge in [0.1, 0.15) is 29.4 Å². The smallest absolute Gasteiger partial charge is 0.409 e. The molecule has 2 aromatic heterocycles. The maximum Gasteiger partial charge on any atom is 0.409 e. The van der Waals surface area contributed by atoms with Gasteiger partial charge in [-0.15, -0.1) is 0 Å². The SMILES string of the molecule is CCc1cccc2cc(O)cc(-c3ncc4c(N5C[C@H]6C[C@@H]5CN6)nc(C56CCCN5[C@@H](COC(=O)N(C)C)CC6)nc4c3F)c12. The van der Waals surface area contributed by atoms with E-state index in [1.165, 1.54) is 4.90 Å². The van der Waals surface area contributed by atoms with Gasteiger partial charge in [-0.25, -0.2) is 19.2 Å². The minimum atomic E-state index is -0.502. The quantitative estimate of drug-likeness (QED) is 0.308. The van der Waals surface area contributed by atoms with E-state index < -0.39 is 11.4 Å². The third kappa shape index (κ3) is 4.50. The number of hydrogen-bond acceptors (Lipinski definition) is 9. The average molecular weight is 626 g/mol. The number of aromatic nitrogens is 3. The second-order valence-electron chi connectivity index (χ2n) is 13.6. The predicted octanol–water partition coefficient (Wildman–Crippen LogP) is 4.95. The summed E-state index contributed by atoms with van der Waals surface area (Å²) in [6.07, 6.45) is 6.63. The van der Waals surface area contributed by atoms with Gasteiger partial charge in [0.15, 0.2) is 11.6 Å². The molecular weight excluding hydrogens is 585 g/mol. The highest BCUT2D eigenvalue weighted by atomic mass is 19.1. The van der Waals surface area contributed by atoms with Crippen LogP contribution < -0.4 is 10.2 Å². The third-order valence-electron chi connectivity index (χ3n) is 10.7. The lowest BCUT2D eigenvalue weighted by atomic mass is 9.92. The van der Waals surface area contributed by atoms with Gasteiger partial charge >= 0.3 is 6.09 Å². The Hall–Kier alpha value is -4.09. The van der Waals surface area contributed by atoms with Crippen molar-refractivity contribution in [1.82, 2.24) is 30.1 Å². The van der Waals surface area contributed by atoms with Gasteiger partial charge < -0.3 is 25.0 Å². The third-order valence-corrected chi connectivity index (χ3v) is 10.7. The number of nitrogens with zero attached hydrogens (tertiary/aromatic N) is 6. The van der Waals surface area contributed by atoms with Crippen molar-refractivity contribution in [2.45, 2.75) is 69.1 Å². The van der Waals surface area contributed by atoms with E-state index in [9.17, 15) is 9.90 Å². The number of aryl methyl sites for hydroxylation is 1. The molecule has 6 heterocycles. The highest BCUT2D eigenvalue weighted by molar-refractivity contribution is 6.01. The summed E-state index contributed by atoms with van der Waals surface area (Å²) in [5.74, 6) is 0.939. The summed E-state index contributed by atoms with van der Waals surface area (Å²) in [5, 5.41) is 16.6. The van der Waals surface area contributed by atoms with E-state index in [1.807, 2.05) is 18.2 Å². The number of nitrogens with one attached hydrogen (secondary N) is 1. The number of piperazine rings is 1. The van der Waals surface area contributed by atoms with E-state index >= 15 is 4.39 Å². The van der Waals surface area contributed by atoms with Crippen LogP contribution in [0, 0.1) is 5.82 Å². The molecule has 1 unspecified atom stereocenters. The zero-order valence-electron chi connectivity index (χ0n) is 26.6. The van der Waals surface area contributed by atoms with Crippen molar-refractivity contribution in [1.29, 1.82) is 0 Å². The Kier molecular flexibility index (Phi) is 7.02. The van der Waals surface area contributed by atoms with Gasteiger partial charge in [0.2, 0.25) is 0 Å². The standard InChI is InChI=1S/C35H40FN7O3/c1-4-20-7-5-8-21-13-25(44)15-26(28(20)21)30-29(36)31-27(17-38-30)32(42-18-22-14-24(42)16-37-22)40-33(39-31)35-10-6-12-43(35)23(9-11-35)19-46-34(45)41(2)3/h5,7-8,13,15,17,22-24,37,44H,4,6,9-12,14,16,18-19H2,1-3H3/t22-,23-,24-,35?/m1/s1. The lowest BCUT2D eigenvalue weighted by Gasteiger charge is -2.35. The number of carbonyl (C=O) groups excluding carboxylic acids is 1. The molecule has 2 N–H and O–H groups in total. The van der Waals surface area contributed by atoms with Crippen LogP contribution >= 0.6 is 0 Å². The summed E-state index contributed by atoms with van der Waals surface area (Å²) in [6.45, 7) is 4.89. The Morgan fingerprint density at radius 1 is 1.24 bits per heavy atom. The molecule has 46 heavy (non-hydrogen) atoms. The minimum Gasteiger partial charge on any atom is -0.508 e. The molecule has 4 aliphatic rings. The molecule has 4 fully saturated rings. The van der Waals surface area contributed by atoms with Crippen LogP contribution in [-0.2, 0) is 16.7 Å². The molecular formula is C35H40FN7O3. The first-order chi connectivity index (χ1) is 22.3. The Morgan fingerprint density at radius 2 is 2.11 bits per heavy atom. The van der Waals surface area contributed by atoms with Crippen molar-refractivity contribution in [2.24, 2.45) is 0 Å². The fourth-order valence-electron chi connectivity index (χ4n) is 8.53. The predicted molar refractivity (Wildman–Crippen MR) is 174 cm³/mol. The second kappa shape index (κ2) is 11.0. The van der Waals surface area contributed by atoms with E-state index in [0.29, 0.717) is 29.4 Å². The molecule has 240 valence electrons. The maximum absolute atomic E-state index is 17.1. The van der Waals surface area contributed by atoms with Crippen LogP contribution in [0.1, 0.15) is 50.4 Å². The number of phenolic OH excluding ortho intramolecular Hbond substituents is 1. The number of benzene rings is 2. The molecule has 10 nitrogen and oxygen atoms in total. The fraction of sp³-hybridized carbons (Fsp3) is 0.486. The zero-order valence-corrected chi connectivity index (χ0v) is 26.6. The van der Waals surface area contributed by atoms with Crippen molar-refractivity contribution < 1.29 is 19.0 Å². The number of pyridine rings is 1. The van der Waals surface area contributed by atoms with Crippen LogP contribution in [0.15, 0.2) is 36.5 Å². The first kappa shape index (κ1) is 29.3. The molecule has 0 spiro atoms. The molecule has 1 amide bonds. The topological polar surface area (TPSA) is 107 Å². The van der Waals surface area contributed by atoms with Crippen LogP contribution in [-0.4, -0.2) is 94.4 Å². The lowest BCUT2D eigenvalue weighted by Crippen LogP contribution is -2.46. The van der Waals surface area contributed by atoms with Gasteiger partial charge in [-0.1, -0.05) is 25.1 Å². The summed E-state index contributed by atoms with van der Waals surface area (Å²) in [7, 11) is 3.37. The van der Waals surface area contributed by atoms with E-state index in [-0.39, 0.29) is 35.1 Å². The van der Waals surface area contributed by atoms with Crippen LogP contribution in [0.5, 0.6) is 5.75 Å². The number of rotatable bonds is 6. The number of halogens is 1. The fourth-order valence-corrected chi connectivity index (χ4v) is 8.53. The van der Waals surface area contributed by atoms with Crippen LogP contribution in [0.25, 0.3) is 32.9 Å². The number of anilines is 1. The van der Waals surface area contributed by atoms with E-state index in [4.69, 9.17) is 19.7 Å². The highest BCUT2D eigenvalue weighted by Gasteiger charge is 2.53. The normalized spacial score (nSPS) is 25.6. The average Bonchev–Trinajstić information content (AvgIpc) is 3.85. The summed E-state index contributed by atoms with van der Waals surface area (Å²) in [4.78, 5) is 33.5. The van der Waals surface area contributed by atoms with Gasteiger partial charge in [-0.2, -0.15) is 0 Å². The van der Waals surface area contributed by atoms with Crippen molar-refractivity contribution in [2.75, 3.05) is 45.2 Å². The number of phenols is 1. The number of hydrogen-bond donors (Lipinski definition) is 2. The molecule has 4 saturated heterocycles. The van der Waals surface area contributed by atoms with Crippen molar-refractivity contribution in [3.8, 4) is 17.0 Å². The highest BCUT2D eigenvalue weighted by Crippen LogP contribution is 2.50. The molecule has 4 aliphatic heterocycles. The molecule has 2 aromatic carbocycles. The summed E-state index contributed by atoms with van der Waals surface area (Å²) in [6, 6.07) is 9.96. The van der Waals surface area contributed by atoms with E-state index in [0.717, 1.165) is 80.3 Å². The number of aromatic hydroxyl groups is 1. The molecule has 0 saturated carbocycles. The largest absolute Gasteiger partial charge is 0.508 e. The molecule has 0 radical (unpaired) electrons. The van der Waals surface area contributed by atoms with Gasteiger partial charge in [0, 0.05) is 57.1 Å². The molecule has 0 aliphatic carbocycles. The zero-order chi connectivity index (χ0) is 31.7. The molecule has 2 bridgehead atoms. The van der Waals surface area contributed by atoms with Gasteiger partial charge in [0.25, 0.3) is 0 Å². The first-order valence-corrected chi connectivity index (χ1v) is 16.5. The number of fused-ring (bicyclic) bond motifs is 5. The summed E-state index contributed by atoms with van der Waals surface area (Å²) in [5.41, 5.74) is 1.59. The summed E-state index contributed by atoms with van der Waals surface area (Å²) < 4.78 is 22.8. The van der Waals surface area contributed by atoms with Crippen molar-refractivity contribution >= 4 is 33.6 Å². The Balaban J connectivity index is 1.29. The lowest BCUT2D eigenvalue weighted by molar-refractivity contribution is 0.0660. The van der Waals surface area contributed by atoms with E-state index in [1.54, 1.807) is 32.4 Å². The van der Waals surface area contributed by atoms with Crippen LogP contribution in [0.2, 0.25) is 0 Å². The van der Waals surface area contributed by atoms with Gasteiger partial charge in [-0.3, -0.25) is 9.88 Å². The maximum atomic E-state index is 17.1.